The number of aromatic nitrogens is 6. The second-order valence-electron chi connectivity index (χ2n) is 8.83. The van der Waals surface area contributed by atoms with Crippen molar-refractivity contribution in [3.8, 4) is 33.8 Å². The number of halogens is 1. The first-order valence-corrected chi connectivity index (χ1v) is 11.2. The molecule has 0 aliphatic heterocycles. The fraction of sp³-hybridized carbons (Fsp3) is 0.111. The Kier molecular flexibility index (Phi) is 5.08. The van der Waals surface area contributed by atoms with Crippen molar-refractivity contribution in [3.63, 3.8) is 0 Å². The number of nitrogens with one attached hydrogen (secondary N) is 2. The van der Waals surface area contributed by atoms with Gasteiger partial charge in [0.05, 0.1) is 28.6 Å². The zero-order valence-corrected chi connectivity index (χ0v) is 19.2. The van der Waals surface area contributed by atoms with E-state index < -0.39 is 0 Å². The molecule has 6 rings (SSSR count). The maximum Gasteiger partial charge on any atom is 0.135 e. The van der Waals surface area contributed by atoms with Gasteiger partial charge in [0, 0.05) is 41.6 Å². The molecule has 0 radical (unpaired) electrons. The van der Waals surface area contributed by atoms with Gasteiger partial charge in [-0.25, -0.2) is 9.37 Å². The van der Waals surface area contributed by atoms with E-state index in [1.807, 2.05) is 50.8 Å². The summed E-state index contributed by atoms with van der Waals surface area (Å²) in [5, 5.41) is 8.57. The summed E-state index contributed by atoms with van der Waals surface area (Å²) >= 11 is 0. The molecule has 0 fully saturated rings. The molecule has 0 aliphatic rings. The third-order valence-electron chi connectivity index (χ3n) is 5.93. The number of fused-ring (bicyclic) bond motifs is 2. The van der Waals surface area contributed by atoms with Gasteiger partial charge in [-0.05, 0) is 61.6 Å². The first kappa shape index (κ1) is 21.1. The van der Waals surface area contributed by atoms with Crippen LogP contribution in [0.2, 0.25) is 0 Å². The van der Waals surface area contributed by atoms with E-state index in [0.29, 0.717) is 5.69 Å². The molecular formula is C27H22FN7. The first-order chi connectivity index (χ1) is 17.0. The quantitative estimate of drug-likeness (QED) is 0.356. The number of nitrogens with zero attached hydrogens (tertiary/aromatic N) is 5. The molecule has 0 aliphatic carbocycles. The van der Waals surface area contributed by atoms with E-state index in [9.17, 15) is 4.39 Å². The number of rotatable bonds is 5. The fourth-order valence-corrected chi connectivity index (χ4v) is 4.39. The minimum Gasteiger partial charge on any atom is -0.352 e. The molecule has 0 bridgehead atoms. The average molecular weight is 464 g/mol. The molecule has 0 saturated carbocycles. The van der Waals surface area contributed by atoms with Crippen molar-refractivity contribution in [2.75, 3.05) is 14.1 Å². The Morgan fingerprint density at radius 2 is 1.77 bits per heavy atom. The first-order valence-electron chi connectivity index (χ1n) is 11.2. The van der Waals surface area contributed by atoms with Crippen LogP contribution in [-0.4, -0.2) is 49.1 Å². The van der Waals surface area contributed by atoms with E-state index in [1.54, 1.807) is 18.5 Å². The Bertz CT molecular complexity index is 1680. The smallest absolute Gasteiger partial charge is 0.135 e. The van der Waals surface area contributed by atoms with Crippen LogP contribution in [0.4, 0.5) is 4.39 Å². The molecule has 0 atom stereocenters. The fourth-order valence-electron chi connectivity index (χ4n) is 4.39. The zero-order chi connectivity index (χ0) is 23.9. The highest BCUT2D eigenvalue weighted by molar-refractivity contribution is 6.00. The van der Waals surface area contributed by atoms with E-state index in [4.69, 9.17) is 4.98 Å². The van der Waals surface area contributed by atoms with Crippen molar-refractivity contribution < 1.29 is 4.39 Å². The molecule has 7 nitrogen and oxygen atoms in total. The zero-order valence-electron chi connectivity index (χ0n) is 19.2. The molecule has 35 heavy (non-hydrogen) atoms. The van der Waals surface area contributed by atoms with Crippen molar-refractivity contribution in [2.45, 2.75) is 6.54 Å². The number of aromatic amines is 2. The SMILES string of the molecule is CN(C)Cc1cncc(-c2ccc3[nH]nc(-c4cc5c(-c6cccc(F)c6)cncc5[nH]4)c3n2)c1. The lowest BCUT2D eigenvalue weighted by Gasteiger charge is -2.10. The van der Waals surface area contributed by atoms with Crippen LogP contribution in [0.1, 0.15) is 5.56 Å². The second kappa shape index (κ2) is 8.41. The lowest BCUT2D eigenvalue weighted by Crippen LogP contribution is -2.10. The standard InChI is InChI=1S/C27H22FN7/c1-35(2)15-16-8-18(12-29-11-16)22-6-7-23-26(32-22)27(34-33-23)24-10-20-21(13-30-14-25(20)31-24)17-4-3-5-19(28)9-17/h3-14,31H,15H2,1-2H3,(H,33,34). The van der Waals surface area contributed by atoms with Gasteiger partial charge < -0.3 is 9.88 Å². The predicted molar refractivity (Wildman–Crippen MR) is 135 cm³/mol. The summed E-state index contributed by atoms with van der Waals surface area (Å²) in [5.41, 5.74) is 8.47. The molecule has 8 heteroatoms. The van der Waals surface area contributed by atoms with E-state index >= 15 is 0 Å². The Morgan fingerprint density at radius 3 is 2.63 bits per heavy atom. The average Bonchev–Trinajstić information content (AvgIpc) is 3.47. The summed E-state index contributed by atoms with van der Waals surface area (Å²) in [6.07, 6.45) is 7.21. The number of H-pyrrole nitrogens is 2. The molecule has 5 heterocycles. The molecule has 2 N–H and O–H groups in total. The Labute approximate surface area is 200 Å². The van der Waals surface area contributed by atoms with Crippen LogP contribution in [0.15, 0.2) is 73.3 Å². The lowest BCUT2D eigenvalue weighted by molar-refractivity contribution is 0.402. The molecular weight excluding hydrogens is 441 g/mol. The van der Waals surface area contributed by atoms with Gasteiger partial charge in [-0.2, -0.15) is 5.10 Å². The van der Waals surface area contributed by atoms with Gasteiger partial charge in [0.15, 0.2) is 0 Å². The summed E-state index contributed by atoms with van der Waals surface area (Å²) in [6, 6.07) is 14.6. The normalized spacial score (nSPS) is 11.7. The summed E-state index contributed by atoms with van der Waals surface area (Å²) in [4.78, 5) is 19.2. The monoisotopic (exact) mass is 463 g/mol. The number of pyridine rings is 3. The molecule has 6 aromatic rings. The Balaban J connectivity index is 1.45. The van der Waals surface area contributed by atoms with Crippen LogP contribution in [0.3, 0.4) is 0 Å². The maximum absolute atomic E-state index is 13.9. The largest absolute Gasteiger partial charge is 0.352 e. The highest BCUT2D eigenvalue weighted by atomic mass is 19.1. The third kappa shape index (κ3) is 3.94. The van der Waals surface area contributed by atoms with Crippen LogP contribution >= 0.6 is 0 Å². The second-order valence-corrected chi connectivity index (χ2v) is 8.83. The van der Waals surface area contributed by atoms with Gasteiger partial charge >= 0.3 is 0 Å². The van der Waals surface area contributed by atoms with Crippen LogP contribution < -0.4 is 0 Å². The van der Waals surface area contributed by atoms with Gasteiger partial charge in [0.25, 0.3) is 0 Å². The van der Waals surface area contributed by atoms with E-state index in [1.165, 1.54) is 12.1 Å². The van der Waals surface area contributed by atoms with Crippen molar-refractivity contribution in [3.05, 3.63) is 84.7 Å². The van der Waals surface area contributed by atoms with Gasteiger partial charge in [-0.1, -0.05) is 12.1 Å². The Hall–Kier alpha value is -4.43. The highest BCUT2D eigenvalue weighted by Gasteiger charge is 2.16. The number of benzene rings is 1. The topological polar surface area (TPSA) is 86.4 Å². The van der Waals surface area contributed by atoms with Crippen LogP contribution in [-0.2, 0) is 6.54 Å². The van der Waals surface area contributed by atoms with E-state index in [2.05, 4.69) is 36.1 Å². The number of hydrogen-bond donors (Lipinski definition) is 2. The summed E-state index contributed by atoms with van der Waals surface area (Å²) < 4.78 is 13.9. The molecule has 5 aromatic heterocycles. The van der Waals surface area contributed by atoms with Gasteiger partial charge in [0.1, 0.15) is 17.0 Å². The number of hydrogen-bond acceptors (Lipinski definition) is 5. The molecule has 0 unspecified atom stereocenters. The van der Waals surface area contributed by atoms with Gasteiger partial charge in [0.2, 0.25) is 0 Å². The highest BCUT2D eigenvalue weighted by Crippen LogP contribution is 2.33. The molecule has 172 valence electrons. The summed E-state index contributed by atoms with van der Waals surface area (Å²) in [6.45, 7) is 0.802. The van der Waals surface area contributed by atoms with E-state index in [0.717, 1.165) is 62.1 Å². The van der Waals surface area contributed by atoms with Crippen molar-refractivity contribution >= 4 is 21.9 Å². The van der Waals surface area contributed by atoms with Crippen molar-refractivity contribution in [2.24, 2.45) is 0 Å². The molecule has 0 saturated heterocycles. The van der Waals surface area contributed by atoms with Gasteiger partial charge in [-0.3, -0.25) is 15.1 Å². The minimum absolute atomic E-state index is 0.283. The minimum atomic E-state index is -0.283. The van der Waals surface area contributed by atoms with Crippen LogP contribution in [0.5, 0.6) is 0 Å². The van der Waals surface area contributed by atoms with Crippen molar-refractivity contribution in [1.82, 2.24) is 35.0 Å². The molecule has 0 amide bonds. The third-order valence-corrected chi connectivity index (χ3v) is 5.93. The maximum atomic E-state index is 13.9. The van der Waals surface area contributed by atoms with Crippen LogP contribution in [0, 0.1) is 5.82 Å². The van der Waals surface area contributed by atoms with Gasteiger partial charge in [-0.15, -0.1) is 0 Å². The molecule has 0 spiro atoms. The van der Waals surface area contributed by atoms with E-state index in [-0.39, 0.29) is 5.82 Å². The van der Waals surface area contributed by atoms with Crippen LogP contribution in [0.25, 0.3) is 55.7 Å². The Morgan fingerprint density at radius 1 is 0.886 bits per heavy atom. The van der Waals surface area contributed by atoms with Crippen molar-refractivity contribution in [1.29, 1.82) is 0 Å². The molecule has 1 aromatic carbocycles. The summed E-state index contributed by atoms with van der Waals surface area (Å²) in [5.74, 6) is -0.283. The summed E-state index contributed by atoms with van der Waals surface area (Å²) in [7, 11) is 4.06. The predicted octanol–water partition coefficient (Wildman–Crippen LogP) is 5.43. The lowest BCUT2D eigenvalue weighted by atomic mass is 10.0.